The molecule has 5 nitrogen and oxygen atoms in total. The Morgan fingerprint density at radius 1 is 0.966 bits per heavy atom. The fourth-order valence-corrected chi connectivity index (χ4v) is 3.09. The van der Waals surface area contributed by atoms with Crippen molar-refractivity contribution >= 4 is 17.4 Å². The van der Waals surface area contributed by atoms with Crippen molar-refractivity contribution in [3.8, 4) is 5.75 Å². The number of carbonyl (C=O) groups is 1. The zero-order chi connectivity index (χ0) is 20.8. The number of phenolic OH excluding ortho intramolecular Hbond substituents is 1. The second-order valence-corrected chi connectivity index (χ2v) is 6.61. The maximum absolute atomic E-state index is 13.4. The van der Waals surface area contributed by atoms with Gasteiger partial charge in [-0.05, 0) is 74.0 Å². The van der Waals surface area contributed by atoms with Crippen molar-refractivity contribution < 1.29 is 14.3 Å². The Bertz CT molecular complexity index is 937. The van der Waals surface area contributed by atoms with Crippen molar-refractivity contribution in [2.45, 2.75) is 20.4 Å². The zero-order valence-corrected chi connectivity index (χ0v) is 16.5. The fraction of sp³-hybridized carbons (Fsp3) is 0.217. The number of aromatic nitrogens is 1. The summed E-state index contributed by atoms with van der Waals surface area (Å²) in [5.41, 5.74) is 1.87. The van der Waals surface area contributed by atoms with Gasteiger partial charge in [-0.25, -0.2) is 9.37 Å². The molecular weight excluding hydrogens is 369 g/mol. The molecule has 0 aliphatic heterocycles. The number of halogens is 1. The number of phenols is 1. The van der Waals surface area contributed by atoms with E-state index in [2.05, 4.69) is 23.7 Å². The van der Waals surface area contributed by atoms with Crippen LogP contribution in [0.4, 0.5) is 15.9 Å². The molecule has 0 bridgehead atoms. The quantitative estimate of drug-likeness (QED) is 0.636. The van der Waals surface area contributed by atoms with E-state index in [1.54, 1.807) is 35.4 Å². The van der Waals surface area contributed by atoms with Crippen LogP contribution >= 0.6 is 0 Å². The van der Waals surface area contributed by atoms with Gasteiger partial charge < -0.3 is 14.9 Å². The Balaban J connectivity index is 1.90. The lowest BCUT2D eigenvalue weighted by Gasteiger charge is -2.24. The standard InChI is InChI=1S/C23H24FN3O2/c1-3-26(4-2)22-14-5-17(15-25-22)16-27(20-10-8-19(24)9-11-20)23(29)18-6-12-21(28)13-7-18/h5-15,28H,3-4,16H2,1-2H3. The van der Waals surface area contributed by atoms with Gasteiger partial charge in [0.1, 0.15) is 17.4 Å². The first-order valence-corrected chi connectivity index (χ1v) is 9.58. The molecule has 0 saturated carbocycles. The van der Waals surface area contributed by atoms with Gasteiger partial charge in [0, 0.05) is 30.5 Å². The fourth-order valence-electron chi connectivity index (χ4n) is 3.09. The average Bonchev–Trinajstić information content (AvgIpc) is 2.75. The summed E-state index contributed by atoms with van der Waals surface area (Å²) >= 11 is 0. The summed E-state index contributed by atoms with van der Waals surface area (Å²) in [4.78, 5) is 21.4. The molecule has 0 saturated heterocycles. The van der Waals surface area contributed by atoms with E-state index in [0.717, 1.165) is 24.5 Å². The van der Waals surface area contributed by atoms with Gasteiger partial charge in [0.25, 0.3) is 5.91 Å². The van der Waals surface area contributed by atoms with Crippen LogP contribution in [-0.2, 0) is 6.54 Å². The Morgan fingerprint density at radius 2 is 1.62 bits per heavy atom. The monoisotopic (exact) mass is 393 g/mol. The molecule has 0 aliphatic rings. The lowest BCUT2D eigenvalue weighted by Crippen LogP contribution is -2.30. The molecule has 0 radical (unpaired) electrons. The molecule has 0 unspecified atom stereocenters. The molecule has 6 heteroatoms. The summed E-state index contributed by atoms with van der Waals surface area (Å²) in [5, 5.41) is 9.49. The first-order valence-electron chi connectivity index (χ1n) is 9.58. The van der Waals surface area contributed by atoms with Gasteiger partial charge in [-0.3, -0.25) is 4.79 Å². The van der Waals surface area contributed by atoms with E-state index in [1.165, 1.54) is 24.3 Å². The molecule has 1 amide bonds. The summed E-state index contributed by atoms with van der Waals surface area (Å²) in [5.74, 6) is 0.364. The van der Waals surface area contributed by atoms with Crippen molar-refractivity contribution in [1.29, 1.82) is 0 Å². The molecule has 150 valence electrons. The van der Waals surface area contributed by atoms with Gasteiger partial charge in [0.15, 0.2) is 0 Å². The van der Waals surface area contributed by atoms with Crippen molar-refractivity contribution in [3.05, 3.63) is 83.8 Å². The number of pyridine rings is 1. The van der Waals surface area contributed by atoms with Crippen molar-refractivity contribution in [1.82, 2.24) is 4.98 Å². The summed E-state index contributed by atoms with van der Waals surface area (Å²) in [6, 6.07) is 15.8. The van der Waals surface area contributed by atoms with E-state index in [4.69, 9.17) is 0 Å². The minimum absolute atomic E-state index is 0.0890. The molecule has 3 rings (SSSR count). The van der Waals surface area contributed by atoms with Crippen LogP contribution in [0.3, 0.4) is 0 Å². The van der Waals surface area contributed by atoms with E-state index in [1.807, 2.05) is 12.1 Å². The number of carbonyl (C=O) groups excluding carboxylic acids is 1. The van der Waals surface area contributed by atoms with Crippen LogP contribution in [0.2, 0.25) is 0 Å². The van der Waals surface area contributed by atoms with E-state index >= 15 is 0 Å². The van der Waals surface area contributed by atoms with E-state index in [-0.39, 0.29) is 24.0 Å². The minimum atomic E-state index is -0.365. The number of amides is 1. The third kappa shape index (κ3) is 4.90. The number of anilines is 2. The van der Waals surface area contributed by atoms with Crippen molar-refractivity contribution in [2.75, 3.05) is 22.9 Å². The molecule has 1 aromatic heterocycles. The third-order valence-corrected chi connectivity index (χ3v) is 4.73. The molecule has 0 spiro atoms. The highest BCUT2D eigenvalue weighted by atomic mass is 19.1. The first-order chi connectivity index (χ1) is 14.0. The second kappa shape index (κ2) is 9.19. The molecular formula is C23H24FN3O2. The minimum Gasteiger partial charge on any atom is -0.508 e. The van der Waals surface area contributed by atoms with E-state index < -0.39 is 0 Å². The summed E-state index contributed by atoms with van der Waals surface area (Å²) in [7, 11) is 0. The predicted molar refractivity (Wildman–Crippen MR) is 113 cm³/mol. The maximum Gasteiger partial charge on any atom is 0.258 e. The number of aromatic hydroxyl groups is 1. The molecule has 2 aromatic carbocycles. The van der Waals surface area contributed by atoms with Gasteiger partial charge in [-0.1, -0.05) is 6.07 Å². The van der Waals surface area contributed by atoms with Gasteiger partial charge in [-0.2, -0.15) is 0 Å². The summed E-state index contributed by atoms with van der Waals surface area (Å²) in [6.45, 7) is 6.17. The lowest BCUT2D eigenvalue weighted by molar-refractivity contribution is 0.0985. The molecule has 0 aliphatic carbocycles. The highest BCUT2D eigenvalue weighted by Crippen LogP contribution is 2.22. The summed E-state index contributed by atoms with van der Waals surface area (Å²) < 4.78 is 13.4. The molecule has 0 atom stereocenters. The number of hydrogen-bond donors (Lipinski definition) is 1. The third-order valence-electron chi connectivity index (χ3n) is 4.73. The Kier molecular flexibility index (Phi) is 6.44. The van der Waals surface area contributed by atoms with E-state index in [0.29, 0.717) is 11.3 Å². The van der Waals surface area contributed by atoms with Crippen LogP contribution in [-0.4, -0.2) is 29.1 Å². The molecule has 1 N–H and O–H groups in total. The van der Waals surface area contributed by atoms with E-state index in [9.17, 15) is 14.3 Å². The van der Waals surface area contributed by atoms with Gasteiger partial charge in [-0.15, -0.1) is 0 Å². The van der Waals surface area contributed by atoms with Crippen molar-refractivity contribution in [3.63, 3.8) is 0 Å². The first kappa shape index (κ1) is 20.3. The molecule has 29 heavy (non-hydrogen) atoms. The normalized spacial score (nSPS) is 10.6. The summed E-state index contributed by atoms with van der Waals surface area (Å²) in [6.07, 6.45) is 1.76. The van der Waals surface area contributed by atoms with Crippen LogP contribution in [0.15, 0.2) is 66.9 Å². The smallest absolute Gasteiger partial charge is 0.258 e. The predicted octanol–water partition coefficient (Wildman–Crippen LogP) is 4.62. The van der Waals surface area contributed by atoms with Crippen LogP contribution in [0.25, 0.3) is 0 Å². The highest BCUT2D eigenvalue weighted by Gasteiger charge is 2.19. The van der Waals surface area contributed by atoms with Gasteiger partial charge in [0.2, 0.25) is 0 Å². The van der Waals surface area contributed by atoms with Gasteiger partial charge in [0.05, 0.1) is 6.54 Å². The van der Waals surface area contributed by atoms with Crippen LogP contribution < -0.4 is 9.80 Å². The number of nitrogens with zero attached hydrogens (tertiary/aromatic N) is 3. The number of hydrogen-bond acceptors (Lipinski definition) is 4. The average molecular weight is 393 g/mol. The SMILES string of the molecule is CCN(CC)c1ccc(CN(C(=O)c2ccc(O)cc2)c2ccc(F)cc2)cn1. The topological polar surface area (TPSA) is 56.7 Å². The maximum atomic E-state index is 13.4. The van der Waals surface area contributed by atoms with Crippen molar-refractivity contribution in [2.24, 2.45) is 0 Å². The highest BCUT2D eigenvalue weighted by molar-refractivity contribution is 6.06. The second-order valence-electron chi connectivity index (χ2n) is 6.61. The number of benzene rings is 2. The Labute approximate surface area is 170 Å². The molecule has 1 heterocycles. The lowest BCUT2D eigenvalue weighted by atomic mass is 10.1. The Hall–Kier alpha value is -3.41. The zero-order valence-electron chi connectivity index (χ0n) is 16.5. The van der Waals surface area contributed by atoms with Crippen LogP contribution in [0, 0.1) is 5.82 Å². The van der Waals surface area contributed by atoms with Crippen LogP contribution in [0.5, 0.6) is 5.75 Å². The van der Waals surface area contributed by atoms with Gasteiger partial charge >= 0.3 is 0 Å². The molecule has 0 fully saturated rings. The Morgan fingerprint density at radius 3 is 2.17 bits per heavy atom. The largest absolute Gasteiger partial charge is 0.508 e. The molecule has 3 aromatic rings. The number of rotatable bonds is 7. The van der Waals surface area contributed by atoms with Crippen LogP contribution in [0.1, 0.15) is 29.8 Å².